The van der Waals surface area contributed by atoms with Crippen LogP contribution in [0.5, 0.6) is 0 Å². The summed E-state index contributed by atoms with van der Waals surface area (Å²) in [6.45, 7) is 10.2. The normalized spacial score (nSPS) is 11.0. The van der Waals surface area contributed by atoms with Crippen molar-refractivity contribution in [2.75, 3.05) is 17.2 Å². The summed E-state index contributed by atoms with van der Waals surface area (Å²) in [7, 11) is 0. The molecule has 0 spiro atoms. The Morgan fingerprint density at radius 2 is 1.66 bits per heavy atom. The van der Waals surface area contributed by atoms with Gasteiger partial charge >= 0.3 is 5.97 Å². The van der Waals surface area contributed by atoms with Gasteiger partial charge in [-0.15, -0.1) is 11.3 Å². The SMILES string of the molecule is CCOC(=O)c1c(NC(=O)c2c(C)c3cc(CC)ccc3n2CC)sc(C(=O)Nc2ccc(Cl)cc2)c1C. The van der Waals surface area contributed by atoms with E-state index in [0.717, 1.165) is 34.2 Å². The lowest BCUT2D eigenvalue weighted by atomic mass is 10.1. The van der Waals surface area contributed by atoms with E-state index in [0.29, 0.717) is 33.4 Å². The first kappa shape index (κ1) is 27.4. The number of aryl methyl sites for hydroxylation is 3. The lowest BCUT2D eigenvalue weighted by Crippen LogP contribution is -2.19. The molecule has 9 heteroatoms. The maximum Gasteiger partial charge on any atom is 0.341 e. The van der Waals surface area contributed by atoms with Crippen LogP contribution < -0.4 is 10.6 Å². The van der Waals surface area contributed by atoms with E-state index in [2.05, 4.69) is 29.7 Å². The summed E-state index contributed by atoms with van der Waals surface area (Å²) in [5.41, 5.74) is 4.72. The number of aromatic nitrogens is 1. The molecule has 38 heavy (non-hydrogen) atoms. The fourth-order valence-electron chi connectivity index (χ4n) is 4.56. The van der Waals surface area contributed by atoms with Gasteiger partial charge in [-0.3, -0.25) is 9.59 Å². The Morgan fingerprint density at radius 3 is 2.29 bits per heavy atom. The Kier molecular flexibility index (Phi) is 8.23. The Bertz CT molecular complexity index is 1540. The molecule has 0 aliphatic carbocycles. The zero-order valence-electron chi connectivity index (χ0n) is 22.0. The van der Waals surface area contributed by atoms with Crippen molar-refractivity contribution >= 4 is 62.3 Å². The van der Waals surface area contributed by atoms with Crippen LogP contribution in [0.25, 0.3) is 10.9 Å². The zero-order chi connectivity index (χ0) is 27.6. The number of esters is 1. The third kappa shape index (κ3) is 5.19. The van der Waals surface area contributed by atoms with Gasteiger partial charge in [0.15, 0.2) is 0 Å². The summed E-state index contributed by atoms with van der Waals surface area (Å²) in [5.74, 6) is -1.34. The number of nitrogens with zero attached hydrogens (tertiary/aromatic N) is 1. The quantitative estimate of drug-likeness (QED) is 0.226. The van der Waals surface area contributed by atoms with Gasteiger partial charge in [0.2, 0.25) is 0 Å². The number of ether oxygens (including phenoxy) is 1. The highest BCUT2D eigenvalue weighted by molar-refractivity contribution is 7.19. The van der Waals surface area contributed by atoms with Crippen molar-refractivity contribution in [1.29, 1.82) is 0 Å². The molecule has 2 amide bonds. The van der Waals surface area contributed by atoms with Gasteiger partial charge in [0.25, 0.3) is 11.8 Å². The van der Waals surface area contributed by atoms with E-state index in [-0.39, 0.29) is 23.1 Å². The Labute approximate surface area is 230 Å². The van der Waals surface area contributed by atoms with Gasteiger partial charge < -0.3 is 19.9 Å². The second-order valence-corrected chi connectivity index (χ2v) is 10.3. The van der Waals surface area contributed by atoms with Gasteiger partial charge in [-0.2, -0.15) is 0 Å². The molecule has 2 N–H and O–H groups in total. The summed E-state index contributed by atoms with van der Waals surface area (Å²) in [6.07, 6.45) is 0.895. The van der Waals surface area contributed by atoms with Crippen LogP contribution in [0, 0.1) is 13.8 Å². The highest BCUT2D eigenvalue weighted by atomic mass is 35.5. The average Bonchev–Trinajstić information content (AvgIpc) is 3.38. The predicted molar refractivity (Wildman–Crippen MR) is 154 cm³/mol. The summed E-state index contributed by atoms with van der Waals surface area (Å²) < 4.78 is 7.24. The number of amides is 2. The van der Waals surface area contributed by atoms with Crippen LogP contribution in [-0.4, -0.2) is 29.0 Å². The van der Waals surface area contributed by atoms with Crippen molar-refractivity contribution in [2.24, 2.45) is 0 Å². The fraction of sp³-hybridized carbons (Fsp3) is 0.276. The van der Waals surface area contributed by atoms with Crippen LogP contribution in [0.3, 0.4) is 0 Å². The van der Waals surface area contributed by atoms with Crippen LogP contribution in [0.15, 0.2) is 42.5 Å². The number of benzene rings is 2. The molecule has 4 aromatic rings. The number of fused-ring (bicyclic) bond motifs is 1. The van der Waals surface area contributed by atoms with Crippen LogP contribution in [0.4, 0.5) is 10.7 Å². The molecule has 0 saturated heterocycles. The molecule has 2 aromatic carbocycles. The average molecular weight is 552 g/mol. The minimum absolute atomic E-state index is 0.163. The van der Waals surface area contributed by atoms with Crippen LogP contribution in [0.1, 0.15) is 68.0 Å². The molecule has 0 bridgehead atoms. The van der Waals surface area contributed by atoms with Crippen molar-refractivity contribution in [3.05, 3.63) is 80.3 Å². The molecule has 2 heterocycles. The molecule has 7 nitrogen and oxygen atoms in total. The second kappa shape index (κ2) is 11.4. The topological polar surface area (TPSA) is 89.4 Å². The lowest BCUT2D eigenvalue weighted by Gasteiger charge is -2.10. The minimum Gasteiger partial charge on any atom is -0.462 e. The van der Waals surface area contributed by atoms with E-state index in [9.17, 15) is 14.4 Å². The molecule has 0 aliphatic heterocycles. The van der Waals surface area contributed by atoms with Crippen molar-refractivity contribution < 1.29 is 19.1 Å². The minimum atomic E-state index is -0.595. The Morgan fingerprint density at radius 1 is 0.947 bits per heavy atom. The van der Waals surface area contributed by atoms with Gasteiger partial charge in [0.1, 0.15) is 10.7 Å². The number of anilines is 2. The van der Waals surface area contributed by atoms with E-state index in [1.54, 1.807) is 38.1 Å². The molecular weight excluding hydrogens is 522 g/mol. The number of hydrogen-bond donors (Lipinski definition) is 2. The summed E-state index contributed by atoms with van der Waals surface area (Å²) in [5, 5.41) is 7.59. The number of rotatable bonds is 8. The number of hydrogen-bond acceptors (Lipinski definition) is 5. The smallest absolute Gasteiger partial charge is 0.341 e. The van der Waals surface area contributed by atoms with Gasteiger partial charge in [0.05, 0.1) is 17.0 Å². The van der Waals surface area contributed by atoms with Crippen molar-refractivity contribution in [1.82, 2.24) is 4.57 Å². The van der Waals surface area contributed by atoms with E-state index in [1.807, 2.05) is 24.5 Å². The summed E-state index contributed by atoms with van der Waals surface area (Å²) in [4.78, 5) is 40.1. The predicted octanol–water partition coefficient (Wildman–Crippen LogP) is 7.24. The summed E-state index contributed by atoms with van der Waals surface area (Å²) in [6, 6.07) is 13.0. The zero-order valence-corrected chi connectivity index (χ0v) is 23.6. The van der Waals surface area contributed by atoms with Gasteiger partial charge in [-0.05, 0) is 87.2 Å². The standard InChI is InChI=1S/C29H30ClN3O4S/c1-6-18-9-14-22-21(15-18)16(4)24(33(22)7-2)26(34)32-28-23(29(36)37-8-3)17(5)25(38-28)27(35)31-20-12-10-19(30)11-13-20/h9-15H,6-8H2,1-5H3,(H,31,35)(H,32,34). The number of halogens is 1. The maximum atomic E-state index is 13.7. The van der Waals surface area contributed by atoms with E-state index in [4.69, 9.17) is 16.3 Å². The van der Waals surface area contributed by atoms with E-state index in [1.165, 1.54) is 5.56 Å². The van der Waals surface area contributed by atoms with Crippen molar-refractivity contribution in [3.8, 4) is 0 Å². The number of carbonyl (C=O) groups excluding carboxylic acids is 3. The largest absolute Gasteiger partial charge is 0.462 e. The second-order valence-electron chi connectivity index (χ2n) is 8.82. The van der Waals surface area contributed by atoms with Crippen LogP contribution in [0.2, 0.25) is 5.02 Å². The van der Waals surface area contributed by atoms with E-state index >= 15 is 0 Å². The first-order chi connectivity index (χ1) is 18.2. The van der Waals surface area contributed by atoms with Crippen molar-refractivity contribution in [2.45, 2.75) is 47.6 Å². The molecule has 4 rings (SSSR count). The maximum absolute atomic E-state index is 13.7. The molecule has 0 aliphatic rings. The molecule has 0 radical (unpaired) electrons. The highest BCUT2D eigenvalue weighted by Gasteiger charge is 2.28. The van der Waals surface area contributed by atoms with Crippen molar-refractivity contribution in [3.63, 3.8) is 0 Å². The summed E-state index contributed by atoms with van der Waals surface area (Å²) >= 11 is 6.99. The van der Waals surface area contributed by atoms with Gasteiger partial charge in [-0.1, -0.05) is 24.6 Å². The number of carbonyl (C=O) groups is 3. The molecule has 198 valence electrons. The monoisotopic (exact) mass is 551 g/mol. The third-order valence-electron chi connectivity index (χ3n) is 6.48. The molecule has 0 fully saturated rings. The lowest BCUT2D eigenvalue weighted by molar-refractivity contribution is 0.0527. The first-order valence-corrected chi connectivity index (χ1v) is 13.7. The number of thiophene rings is 1. The van der Waals surface area contributed by atoms with Gasteiger partial charge in [-0.25, -0.2) is 4.79 Å². The Hall–Kier alpha value is -3.62. The highest BCUT2D eigenvalue weighted by Crippen LogP contribution is 2.36. The molecule has 0 unspecified atom stereocenters. The first-order valence-electron chi connectivity index (χ1n) is 12.5. The third-order valence-corrected chi connectivity index (χ3v) is 7.94. The fourth-order valence-corrected chi connectivity index (χ4v) is 5.77. The Balaban J connectivity index is 1.74. The van der Waals surface area contributed by atoms with Crippen LogP contribution in [-0.2, 0) is 17.7 Å². The van der Waals surface area contributed by atoms with Crippen LogP contribution >= 0.6 is 22.9 Å². The molecule has 0 saturated carbocycles. The van der Waals surface area contributed by atoms with Gasteiger partial charge in [0, 0.05) is 28.2 Å². The van der Waals surface area contributed by atoms with E-state index < -0.39 is 11.9 Å². The molecular formula is C29H30ClN3O4S. The molecule has 2 aromatic heterocycles. The molecule has 0 atom stereocenters. The number of nitrogens with one attached hydrogen (secondary N) is 2.